The minimum atomic E-state index is 0.0166. The van der Waals surface area contributed by atoms with Gasteiger partial charge in [-0.05, 0) is 46.4 Å². The third-order valence-electron chi connectivity index (χ3n) is 6.68. The largest absolute Gasteiger partial charge is 0.493 e. The van der Waals surface area contributed by atoms with Crippen LogP contribution in [-0.2, 0) is 12.2 Å². The molecular formula is C28H24N4O3S. The minimum Gasteiger partial charge on any atom is -0.493 e. The molecular weight excluding hydrogens is 472 g/mol. The number of thioether (sulfide) groups is 1. The summed E-state index contributed by atoms with van der Waals surface area (Å²) >= 11 is 1.57. The van der Waals surface area contributed by atoms with E-state index in [1.165, 1.54) is 16.3 Å². The number of Topliss-reactive ketones (excluding diaryl/α,β-unsaturated/α-hetero) is 1. The number of aromatic nitrogens is 4. The van der Waals surface area contributed by atoms with Gasteiger partial charge in [-0.1, -0.05) is 60.3 Å². The van der Waals surface area contributed by atoms with Gasteiger partial charge in [-0.25, -0.2) is 9.50 Å². The maximum atomic E-state index is 13.1. The number of carbonyl (C=O) groups excluding carboxylic acids is 1. The fourth-order valence-electron chi connectivity index (χ4n) is 4.83. The molecule has 0 bridgehead atoms. The van der Waals surface area contributed by atoms with Crippen molar-refractivity contribution in [2.24, 2.45) is 0 Å². The molecule has 0 fully saturated rings. The van der Waals surface area contributed by atoms with Crippen molar-refractivity contribution in [1.29, 1.82) is 0 Å². The number of nitrogens with zero attached hydrogens (tertiary/aromatic N) is 4. The van der Waals surface area contributed by atoms with Crippen LogP contribution in [0.25, 0.3) is 16.6 Å². The molecule has 7 nitrogen and oxygen atoms in total. The Balaban J connectivity index is 1.26. The zero-order valence-electron chi connectivity index (χ0n) is 20.0. The summed E-state index contributed by atoms with van der Waals surface area (Å²) in [4.78, 5) is 22.5. The van der Waals surface area contributed by atoms with E-state index in [4.69, 9.17) is 14.5 Å². The normalized spacial score (nSPS) is 15.3. The number of hydrogen-bond acceptors (Lipinski definition) is 7. The molecule has 1 aliphatic rings. The van der Waals surface area contributed by atoms with E-state index in [1.807, 2.05) is 24.3 Å². The Morgan fingerprint density at radius 2 is 1.81 bits per heavy atom. The Labute approximate surface area is 212 Å². The highest BCUT2D eigenvalue weighted by molar-refractivity contribution is 7.98. The van der Waals surface area contributed by atoms with Crippen molar-refractivity contribution in [2.75, 3.05) is 14.2 Å². The molecule has 3 aromatic carbocycles. The van der Waals surface area contributed by atoms with Crippen LogP contribution in [0.2, 0.25) is 0 Å². The van der Waals surface area contributed by atoms with Gasteiger partial charge in [0.05, 0.1) is 25.5 Å². The molecule has 1 aliphatic carbocycles. The molecule has 180 valence electrons. The Hall–Kier alpha value is -3.91. The molecule has 2 aromatic heterocycles. The Morgan fingerprint density at radius 3 is 2.67 bits per heavy atom. The van der Waals surface area contributed by atoms with Gasteiger partial charge in [-0.15, -0.1) is 5.10 Å². The first kappa shape index (κ1) is 22.5. The number of carbonyl (C=O) groups is 1. The summed E-state index contributed by atoms with van der Waals surface area (Å²) in [6.45, 7) is 0. The monoisotopic (exact) mass is 496 g/mol. The molecule has 36 heavy (non-hydrogen) atoms. The number of fused-ring (bicyclic) bond motifs is 3. The fourth-order valence-corrected chi connectivity index (χ4v) is 5.66. The molecule has 2 heterocycles. The van der Waals surface area contributed by atoms with E-state index in [9.17, 15) is 4.79 Å². The lowest BCUT2D eigenvalue weighted by atomic mass is 9.82. The molecule has 5 aromatic rings. The van der Waals surface area contributed by atoms with Gasteiger partial charge >= 0.3 is 0 Å². The van der Waals surface area contributed by atoms with Crippen LogP contribution >= 0.6 is 11.8 Å². The summed E-state index contributed by atoms with van der Waals surface area (Å²) in [6, 6.07) is 20.5. The van der Waals surface area contributed by atoms with Gasteiger partial charge in [-0.3, -0.25) is 4.79 Å². The number of rotatable bonds is 6. The minimum absolute atomic E-state index is 0.0166. The number of ether oxygens (including phenoxy) is 2. The lowest BCUT2D eigenvalue weighted by Crippen LogP contribution is -2.21. The van der Waals surface area contributed by atoms with Gasteiger partial charge in [0, 0.05) is 18.4 Å². The molecule has 0 saturated carbocycles. The van der Waals surface area contributed by atoms with E-state index in [0.717, 1.165) is 17.0 Å². The van der Waals surface area contributed by atoms with E-state index in [2.05, 4.69) is 46.5 Å². The van der Waals surface area contributed by atoms with E-state index in [-0.39, 0.29) is 11.7 Å². The number of ketones is 1. The first-order chi connectivity index (χ1) is 17.6. The summed E-state index contributed by atoms with van der Waals surface area (Å²) in [5.41, 5.74) is 3.64. The maximum Gasteiger partial charge on any atom is 0.253 e. The average molecular weight is 497 g/mol. The van der Waals surface area contributed by atoms with Crippen molar-refractivity contribution in [3.63, 3.8) is 0 Å². The number of benzene rings is 3. The second-order valence-corrected chi connectivity index (χ2v) is 9.75. The maximum absolute atomic E-state index is 13.1. The van der Waals surface area contributed by atoms with Crippen molar-refractivity contribution in [3.8, 4) is 11.5 Å². The smallest absolute Gasteiger partial charge is 0.253 e. The fraction of sp³-hybridized carbons (Fsp3) is 0.214. The second-order valence-electron chi connectivity index (χ2n) is 8.81. The quantitative estimate of drug-likeness (QED) is 0.287. The lowest BCUT2D eigenvalue weighted by molar-refractivity contribution is 0.0962. The van der Waals surface area contributed by atoms with Crippen LogP contribution in [0.1, 0.15) is 39.5 Å². The topological polar surface area (TPSA) is 78.6 Å². The Bertz CT molecular complexity index is 1610. The molecule has 0 saturated heterocycles. The van der Waals surface area contributed by atoms with Gasteiger partial charge in [0.1, 0.15) is 0 Å². The van der Waals surface area contributed by atoms with Crippen molar-refractivity contribution >= 4 is 34.1 Å². The van der Waals surface area contributed by atoms with Crippen molar-refractivity contribution in [3.05, 3.63) is 89.2 Å². The highest BCUT2D eigenvalue weighted by atomic mass is 32.2. The first-order valence-corrected chi connectivity index (χ1v) is 12.7. The Morgan fingerprint density at radius 1 is 0.972 bits per heavy atom. The van der Waals surface area contributed by atoms with Crippen LogP contribution in [-0.4, -0.2) is 39.6 Å². The van der Waals surface area contributed by atoms with Gasteiger partial charge in [0.2, 0.25) is 5.16 Å². The van der Waals surface area contributed by atoms with Crippen LogP contribution < -0.4 is 9.47 Å². The van der Waals surface area contributed by atoms with Crippen LogP contribution in [0.5, 0.6) is 11.5 Å². The zero-order valence-corrected chi connectivity index (χ0v) is 20.8. The predicted molar refractivity (Wildman–Crippen MR) is 139 cm³/mol. The summed E-state index contributed by atoms with van der Waals surface area (Å²) in [7, 11) is 3.22. The number of methoxy groups -OCH3 is 2. The van der Waals surface area contributed by atoms with Crippen molar-refractivity contribution < 1.29 is 14.3 Å². The average Bonchev–Trinajstić information content (AvgIpc) is 3.32. The van der Waals surface area contributed by atoms with E-state index >= 15 is 0 Å². The van der Waals surface area contributed by atoms with Crippen LogP contribution in [0, 0.1) is 0 Å². The highest BCUT2D eigenvalue weighted by Gasteiger charge is 2.29. The van der Waals surface area contributed by atoms with Gasteiger partial charge < -0.3 is 9.47 Å². The summed E-state index contributed by atoms with van der Waals surface area (Å²) in [6.07, 6.45) is 2.84. The summed E-state index contributed by atoms with van der Waals surface area (Å²) in [5, 5.41) is 7.68. The van der Waals surface area contributed by atoms with Crippen molar-refractivity contribution in [2.45, 2.75) is 29.7 Å². The molecule has 0 spiro atoms. The molecule has 0 N–H and O–H groups in total. The molecule has 0 unspecified atom stereocenters. The molecule has 6 rings (SSSR count). The van der Waals surface area contributed by atoms with E-state index < -0.39 is 0 Å². The molecule has 0 amide bonds. The first-order valence-electron chi connectivity index (χ1n) is 11.7. The second kappa shape index (κ2) is 9.28. The van der Waals surface area contributed by atoms with Gasteiger partial charge in [0.25, 0.3) is 5.78 Å². The Kier molecular flexibility index (Phi) is 5.81. The van der Waals surface area contributed by atoms with Crippen molar-refractivity contribution in [1.82, 2.24) is 19.6 Å². The summed E-state index contributed by atoms with van der Waals surface area (Å²) < 4.78 is 12.4. The van der Waals surface area contributed by atoms with Crippen LogP contribution in [0.15, 0.2) is 72.0 Å². The van der Waals surface area contributed by atoms with Gasteiger partial charge in [-0.2, -0.15) is 4.98 Å². The van der Waals surface area contributed by atoms with Gasteiger partial charge in [0.15, 0.2) is 17.3 Å². The molecule has 1 atom stereocenters. The lowest BCUT2D eigenvalue weighted by Gasteiger charge is -2.23. The zero-order chi connectivity index (χ0) is 24.6. The van der Waals surface area contributed by atoms with Crippen LogP contribution in [0.4, 0.5) is 0 Å². The third kappa shape index (κ3) is 4.07. The molecule has 8 heteroatoms. The highest BCUT2D eigenvalue weighted by Crippen LogP contribution is 2.36. The third-order valence-corrected chi connectivity index (χ3v) is 7.57. The van der Waals surface area contributed by atoms with E-state index in [0.29, 0.717) is 40.8 Å². The molecule has 0 aliphatic heterocycles. The number of hydrogen-bond donors (Lipinski definition) is 0. The standard InChI is InChI=1S/C28H24N4O3S/c1-34-25-11-10-18(14-26(25)35-2)20-12-23-22(24(33)13-20)15-32-27(29-23)30-28(31-32)36-16-19-8-5-7-17-6-3-4-9-21(17)19/h3-11,14-15,20H,12-13,16H2,1-2H3/t20-/m1/s1. The van der Waals surface area contributed by atoms with Crippen LogP contribution in [0.3, 0.4) is 0 Å². The SMILES string of the molecule is COc1ccc([C@H]2CC(=O)c3cn4nc(SCc5cccc6ccccc56)nc4nc3C2)cc1OC. The predicted octanol–water partition coefficient (Wildman–Crippen LogP) is 5.50. The molecule has 0 radical (unpaired) electrons. The van der Waals surface area contributed by atoms with E-state index in [1.54, 1.807) is 36.7 Å². The summed E-state index contributed by atoms with van der Waals surface area (Å²) in [5.74, 6) is 2.66.